The molecule has 1 heterocycles. The van der Waals surface area contributed by atoms with Crippen molar-refractivity contribution in [1.82, 2.24) is 9.88 Å². The van der Waals surface area contributed by atoms with Gasteiger partial charge in [-0.3, -0.25) is 4.79 Å². The molecule has 1 aromatic rings. The zero-order valence-electron chi connectivity index (χ0n) is 13.7. The van der Waals surface area contributed by atoms with Crippen LogP contribution in [0.15, 0.2) is 16.9 Å². The molecule has 0 atom stereocenters. The van der Waals surface area contributed by atoms with E-state index in [1.807, 2.05) is 10.6 Å². The SMILES string of the molecule is CCCCn1c(C(C)C)ccc(CNCC(C)C)c1=O. The Hall–Kier alpha value is -1.09. The molecule has 0 bridgehead atoms. The lowest BCUT2D eigenvalue weighted by Crippen LogP contribution is -2.30. The van der Waals surface area contributed by atoms with Gasteiger partial charge in [-0.2, -0.15) is 0 Å². The first-order valence-electron chi connectivity index (χ1n) is 7.90. The summed E-state index contributed by atoms with van der Waals surface area (Å²) >= 11 is 0. The molecule has 20 heavy (non-hydrogen) atoms. The minimum atomic E-state index is 0.181. The Kier molecular flexibility index (Phi) is 7.00. The highest BCUT2D eigenvalue weighted by molar-refractivity contribution is 5.18. The minimum absolute atomic E-state index is 0.181. The maximum Gasteiger partial charge on any atom is 0.255 e. The highest BCUT2D eigenvalue weighted by atomic mass is 16.1. The van der Waals surface area contributed by atoms with Crippen LogP contribution in [0, 0.1) is 5.92 Å². The Labute approximate surface area is 123 Å². The highest BCUT2D eigenvalue weighted by Gasteiger charge is 2.11. The third-order valence-corrected chi connectivity index (χ3v) is 3.48. The number of nitrogens with zero attached hydrogens (tertiary/aromatic N) is 1. The maximum atomic E-state index is 12.6. The molecule has 0 spiro atoms. The van der Waals surface area contributed by atoms with Gasteiger partial charge in [0.05, 0.1) is 0 Å². The van der Waals surface area contributed by atoms with Gasteiger partial charge in [0.1, 0.15) is 0 Å². The molecular formula is C17H30N2O. The highest BCUT2D eigenvalue weighted by Crippen LogP contribution is 2.14. The molecule has 0 aliphatic carbocycles. The number of hydrogen-bond donors (Lipinski definition) is 1. The topological polar surface area (TPSA) is 34.0 Å². The molecule has 0 saturated heterocycles. The van der Waals surface area contributed by atoms with Gasteiger partial charge in [-0.05, 0) is 30.9 Å². The van der Waals surface area contributed by atoms with Crippen LogP contribution in [-0.2, 0) is 13.1 Å². The summed E-state index contributed by atoms with van der Waals surface area (Å²) in [6.07, 6.45) is 2.17. The number of aromatic nitrogens is 1. The van der Waals surface area contributed by atoms with Gasteiger partial charge >= 0.3 is 0 Å². The van der Waals surface area contributed by atoms with Crippen molar-refractivity contribution in [1.29, 1.82) is 0 Å². The van der Waals surface area contributed by atoms with E-state index in [1.54, 1.807) is 0 Å². The molecule has 0 unspecified atom stereocenters. The number of nitrogens with one attached hydrogen (secondary N) is 1. The maximum absolute atomic E-state index is 12.6. The van der Waals surface area contributed by atoms with E-state index in [0.29, 0.717) is 18.4 Å². The summed E-state index contributed by atoms with van der Waals surface area (Å²) in [6.45, 7) is 13.3. The van der Waals surface area contributed by atoms with E-state index in [-0.39, 0.29) is 5.56 Å². The van der Waals surface area contributed by atoms with Crippen molar-refractivity contribution in [3.63, 3.8) is 0 Å². The van der Waals surface area contributed by atoms with Gasteiger partial charge in [0.2, 0.25) is 0 Å². The first kappa shape index (κ1) is 17.0. The molecular weight excluding hydrogens is 248 g/mol. The van der Waals surface area contributed by atoms with Crippen LogP contribution in [0.4, 0.5) is 0 Å². The molecule has 0 aliphatic rings. The fourth-order valence-corrected chi connectivity index (χ4v) is 2.32. The average molecular weight is 278 g/mol. The summed E-state index contributed by atoms with van der Waals surface area (Å²) in [4.78, 5) is 12.6. The normalized spacial score (nSPS) is 11.6. The number of rotatable bonds is 8. The monoisotopic (exact) mass is 278 g/mol. The molecule has 1 rings (SSSR count). The second-order valence-electron chi connectivity index (χ2n) is 6.27. The Morgan fingerprint density at radius 3 is 2.45 bits per heavy atom. The summed E-state index contributed by atoms with van der Waals surface area (Å²) in [7, 11) is 0. The summed E-state index contributed by atoms with van der Waals surface area (Å²) in [5, 5.41) is 3.36. The van der Waals surface area contributed by atoms with Gasteiger partial charge in [0, 0.05) is 24.3 Å². The molecule has 0 aliphatic heterocycles. The minimum Gasteiger partial charge on any atom is -0.312 e. The Balaban J connectivity index is 2.95. The van der Waals surface area contributed by atoms with Crippen molar-refractivity contribution in [2.24, 2.45) is 5.92 Å². The molecule has 0 aromatic carbocycles. The van der Waals surface area contributed by atoms with E-state index in [2.05, 4.69) is 46.0 Å². The Bertz CT molecular complexity index is 461. The molecule has 3 nitrogen and oxygen atoms in total. The number of pyridine rings is 1. The molecule has 1 N–H and O–H groups in total. The molecule has 114 valence electrons. The molecule has 0 amide bonds. The Morgan fingerprint density at radius 2 is 1.90 bits per heavy atom. The first-order chi connectivity index (χ1) is 9.47. The van der Waals surface area contributed by atoms with E-state index in [4.69, 9.17) is 0 Å². The van der Waals surface area contributed by atoms with Crippen molar-refractivity contribution < 1.29 is 0 Å². The van der Waals surface area contributed by atoms with Crippen LogP contribution >= 0.6 is 0 Å². The van der Waals surface area contributed by atoms with Gasteiger partial charge < -0.3 is 9.88 Å². The van der Waals surface area contributed by atoms with Gasteiger partial charge in [-0.1, -0.05) is 47.1 Å². The first-order valence-corrected chi connectivity index (χ1v) is 7.90. The van der Waals surface area contributed by atoms with E-state index in [9.17, 15) is 4.79 Å². The van der Waals surface area contributed by atoms with Crippen LogP contribution in [0.1, 0.15) is 64.6 Å². The smallest absolute Gasteiger partial charge is 0.255 e. The second kappa shape index (κ2) is 8.25. The molecule has 0 radical (unpaired) electrons. The second-order valence-corrected chi connectivity index (χ2v) is 6.27. The van der Waals surface area contributed by atoms with Crippen LogP contribution in [0.25, 0.3) is 0 Å². The number of hydrogen-bond acceptors (Lipinski definition) is 2. The van der Waals surface area contributed by atoms with Crippen LogP contribution in [0.5, 0.6) is 0 Å². The summed E-state index contributed by atoms with van der Waals surface area (Å²) in [6, 6.07) is 4.11. The van der Waals surface area contributed by atoms with Crippen molar-refractivity contribution in [3.8, 4) is 0 Å². The lowest BCUT2D eigenvalue weighted by Gasteiger charge is -2.17. The van der Waals surface area contributed by atoms with E-state index in [0.717, 1.165) is 37.2 Å². The molecule has 3 heteroatoms. The Morgan fingerprint density at radius 1 is 1.20 bits per heavy atom. The largest absolute Gasteiger partial charge is 0.312 e. The van der Waals surface area contributed by atoms with E-state index < -0.39 is 0 Å². The lowest BCUT2D eigenvalue weighted by molar-refractivity contribution is 0.536. The third-order valence-electron chi connectivity index (χ3n) is 3.48. The average Bonchev–Trinajstić information content (AvgIpc) is 2.38. The van der Waals surface area contributed by atoms with Gasteiger partial charge in [0.25, 0.3) is 5.56 Å². The standard InChI is InChI=1S/C17H30N2O/c1-6-7-10-19-16(14(4)5)9-8-15(17(19)20)12-18-11-13(2)3/h8-9,13-14,18H,6-7,10-12H2,1-5H3. The van der Waals surface area contributed by atoms with Crippen molar-refractivity contribution >= 4 is 0 Å². The van der Waals surface area contributed by atoms with Gasteiger partial charge in [0.15, 0.2) is 0 Å². The molecule has 0 saturated carbocycles. The van der Waals surface area contributed by atoms with Crippen LogP contribution in [-0.4, -0.2) is 11.1 Å². The summed E-state index contributed by atoms with van der Waals surface area (Å²) in [5.74, 6) is 0.990. The fourth-order valence-electron chi connectivity index (χ4n) is 2.32. The van der Waals surface area contributed by atoms with Crippen molar-refractivity contribution in [3.05, 3.63) is 33.7 Å². The molecule has 1 aromatic heterocycles. The van der Waals surface area contributed by atoms with Crippen LogP contribution in [0.2, 0.25) is 0 Å². The lowest BCUT2D eigenvalue weighted by atomic mass is 10.1. The zero-order valence-corrected chi connectivity index (χ0v) is 13.7. The predicted molar refractivity (Wildman–Crippen MR) is 86.2 cm³/mol. The van der Waals surface area contributed by atoms with Gasteiger partial charge in [-0.15, -0.1) is 0 Å². The van der Waals surface area contributed by atoms with Crippen LogP contribution < -0.4 is 10.9 Å². The molecule has 0 fully saturated rings. The van der Waals surface area contributed by atoms with Crippen molar-refractivity contribution in [2.45, 2.75) is 66.5 Å². The predicted octanol–water partition coefficient (Wildman–Crippen LogP) is 3.52. The summed E-state index contributed by atoms with van der Waals surface area (Å²) < 4.78 is 1.97. The number of unbranched alkanes of at least 4 members (excludes halogenated alkanes) is 1. The van der Waals surface area contributed by atoms with Gasteiger partial charge in [-0.25, -0.2) is 0 Å². The fraction of sp³-hybridized carbons (Fsp3) is 0.706. The quantitative estimate of drug-likeness (QED) is 0.789. The summed E-state index contributed by atoms with van der Waals surface area (Å²) in [5.41, 5.74) is 2.21. The van der Waals surface area contributed by atoms with Crippen molar-refractivity contribution in [2.75, 3.05) is 6.54 Å². The zero-order chi connectivity index (χ0) is 15.1. The van der Waals surface area contributed by atoms with Crippen LogP contribution in [0.3, 0.4) is 0 Å². The van der Waals surface area contributed by atoms with E-state index >= 15 is 0 Å². The van der Waals surface area contributed by atoms with E-state index in [1.165, 1.54) is 0 Å². The third kappa shape index (κ3) is 4.78.